The van der Waals surface area contributed by atoms with Crippen LogP contribution in [-0.2, 0) is 22.7 Å². The van der Waals surface area contributed by atoms with Crippen molar-refractivity contribution in [1.82, 2.24) is 4.98 Å². The summed E-state index contributed by atoms with van der Waals surface area (Å²) in [6.07, 6.45) is 1.55. The normalized spacial score (nSPS) is 8.44. The zero-order valence-electron chi connectivity index (χ0n) is 8.79. The number of aromatic nitrogens is 1. The first-order chi connectivity index (χ1) is 8.77. The summed E-state index contributed by atoms with van der Waals surface area (Å²) >= 11 is 1.47. The van der Waals surface area contributed by atoms with Gasteiger partial charge in [-0.3, -0.25) is 8.78 Å². The van der Waals surface area contributed by atoms with Crippen LogP contribution < -0.4 is 0 Å². The molecule has 6 heteroatoms. The molecule has 1 radical (unpaired) electrons. The Labute approximate surface area is 118 Å². The van der Waals surface area contributed by atoms with Gasteiger partial charge < -0.3 is 16.6 Å². The molecule has 0 aliphatic carbocycles. The summed E-state index contributed by atoms with van der Waals surface area (Å²) in [5.41, 5.74) is 0.636. The van der Waals surface area contributed by atoms with E-state index in [9.17, 15) is 8.78 Å². The molecule has 0 saturated heterocycles. The van der Waals surface area contributed by atoms with Crippen LogP contribution >= 0.6 is 9.58 Å². The number of rotatable bonds is 1. The molecule has 0 amide bonds. The number of carbonyl (C=O) groups excluding carboxylic acids is 1. The molecule has 0 fully saturated rings. The third-order valence-corrected chi connectivity index (χ3v) is 1.78. The van der Waals surface area contributed by atoms with Crippen LogP contribution in [0.4, 0.5) is 8.78 Å². The second kappa shape index (κ2) is 9.83. The van der Waals surface area contributed by atoms with Gasteiger partial charge in [-0.05, 0) is 11.8 Å². The van der Waals surface area contributed by atoms with Gasteiger partial charge in [0.2, 0.25) is 0 Å². The SMILES string of the molecule is Fc1c[c-]c(-c2ccccn2)c(F)c1.[C-]=O.[Cl][Ir+2]. The molecule has 2 rings (SSSR count). The first-order valence-electron chi connectivity index (χ1n) is 4.38. The van der Waals surface area contributed by atoms with E-state index in [2.05, 4.69) is 27.4 Å². The maximum absolute atomic E-state index is 13.2. The first kappa shape index (κ1) is 16.8. The number of pyridine rings is 1. The van der Waals surface area contributed by atoms with E-state index >= 15 is 0 Å². The summed E-state index contributed by atoms with van der Waals surface area (Å²) in [6.45, 7) is 4.50. The first-order valence-corrected chi connectivity index (χ1v) is 7.35. The van der Waals surface area contributed by atoms with Crippen LogP contribution in [0.2, 0.25) is 0 Å². The molecule has 1 aromatic carbocycles. The summed E-state index contributed by atoms with van der Waals surface area (Å²) in [7, 11) is 4.64. The number of hydrogen-bond donors (Lipinski definition) is 0. The molecule has 18 heavy (non-hydrogen) atoms. The van der Waals surface area contributed by atoms with Crippen LogP contribution in [0.1, 0.15) is 0 Å². The fourth-order valence-electron chi connectivity index (χ4n) is 1.15. The summed E-state index contributed by atoms with van der Waals surface area (Å²) in [6, 6.07) is 9.53. The van der Waals surface area contributed by atoms with E-state index in [1.54, 1.807) is 24.4 Å². The average molecular weight is 446 g/mol. The van der Waals surface area contributed by atoms with E-state index in [-0.39, 0.29) is 5.56 Å². The Morgan fingerprint density at radius 1 is 1.28 bits per heavy atom. The molecule has 1 heterocycles. The predicted octanol–water partition coefficient (Wildman–Crippen LogP) is 3.12. The van der Waals surface area contributed by atoms with Crippen molar-refractivity contribution in [2.75, 3.05) is 0 Å². The summed E-state index contributed by atoms with van der Waals surface area (Å²) in [4.78, 5) is 11.4. The average Bonchev–Trinajstić information content (AvgIpc) is 2.44. The van der Waals surface area contributed by atoms with E-state index < -0.39 is 11.6 Å². The fourth-order valence-corrected chi connectivity index (χ4v) is 1.15. The van der Waals surface area contributed by atoms with Gasteiger partial charge in [-0.25, -0.2) is 0 Å². The monoisotopic (exact) mass is 446 g/mol. The zero-order chi connectivity index (χ0) is 14.0. The van der Waals surface area contributed by atoms with Crippen molar-refractivity contribution in [2.45, 2.75) is 0 Å². The zero-order valence-corrected chi connectivity index (χ0v) is 11.9. The third kappa shape index (κ3) is 5.00. The van der Waals surface area contributed by atoms with Gasteiger partial charge >= 0.3 is 27.5 Å². The van der Waals surface area contributed by atoms with Gasteiger partial charge in [-0.15, -0.1) is 12.1 Å². The van der Waals surface area contributed by atoms with Gasteiger partial charge in [0.1, 0.15) is 0 Å². The van der Waals surface area contributed by atoms with E-state index in [0.717, 1.165) is 12.1 Å². The molecule has 0 N–H and O–H groups in total. The van der Waals surface area contributed by atoms with Gasteiger partial charge in [0.25, 0.3) is 0 Å². The fraction of sp³-hybridized carbons (Fsp3) is 0. The molecule has 0 spiro atoms. The molecule has 0 atom stereocenters. The number of nitrogens with zero attached hydrogens (tertiary/aromatic N) is 1. The number of benzene rings is 1. The van der Waals surface area contributed by atoms with Crippen LogP contribution in [0.3, 0.4) is 0 Å². The molecule has 0 bridgehead atoms. The van der Waals surface area contributed by atoms with Crippen molar-refractivity contribution >= 4 is 16.4 Å². The Morgan fingerprint density at radius 2 is 1.94 bits per heavy atom. The third-order valence-electron chi connectivity index (χ3n) is 1.78. The Hall–Kier alpha value is -1.16. The molecule has 2 aromatic rings. The van der Waals surface area contributed by atoms with Gasteiger partial charge in [-0.2, -0.15) is 0 Å². The van der Waals surface area contributed by atoms with Crippen molar-refractivity contribution in [3.63, 3.8) is 0 Å². The topological polar surface area (TPSA) is 30.0 Å². The van der Waals surface area contributed by atoms with Gasteiger partial charge in [0.15, 0.2) is 0 Å². The second-order valence-electron chi connectivity index (χ2n) is 2.76. The molecule has 0 unspecified atom stereocenters. The van der Waals surface area contributed by atoms with Crippen molar-refractivity contribution in [3.8, 4) is 11.3 Å². The molecule has 95 valence electrons. The number of halogens is 3. The molecule has 0 aliphatic heterocycles. The van der Waals surface area contributed by atoms with Crippen LogP contribution in [0.15, 0.2) is 36.5 Å². The minimum absolute atomic E-state index is 0.187. The van der Waals surface area contributed by atoms with Gasteiger partial charge in [0.05, 0.1) is 0 Å². The molecular formula is C12H6ClF2IrNO. The van der Waals surface area contributed by atoms with Crippen molar-refractivity contribution < 1.29 is 31.5 Å². The predicted molar refractivity (Wildman–Crippen MR) is 60.0 cm³/mol. The molecule has 2 nitrogen and oxygen atoms in total. The van der Waals surface area contributed by atoms with Crippen LogP contribution in [-0.4, -0.2) is 11.8 Å². The summed E-state index contributed by atoms with van der Waals surface area (Å²) in [5.74, 6) is -1.29. The second-order valence-corrected chi connectivity index (χ2v) is 2.76. The van der Waals surface area contributed by atoms with Crippen molar-refractivity contribution in [2.24, 2.45) is 0 Å². The maximum atomic E-state index is 13.2. The Bertz CT molecular complexity index is 471. The van der Waals surface area contributed by atoms with Crippen LogP contribution in [0.25, 0.3) is 11.3 Å². The van der Waals surface area contributed by atoms with E-state index in [1.807, 2.05) is 0 Å². The standard InChI is InChI=1S/C11H6F2N.CO.ClH.Ir/c12-8-4-5-9(10(13)7-8)11-3-1-2-6-14-11;1-2;;/h1-4,6-7H;;1H;/q2*-1;;+3/p-1. The van der Waals surface area contributed by atoms with E-state index in [1.165, 1.54) is 17.9 Å². The molecule has 1 aromatic heterocycles. The Balaban J connectivity index is 0.000000659. The molecular weight excluding hydrogens is 440 g/mol. The van der Waals surface area contributed by atoms with Crippen LogP contribution in [0.5, 0.6) is 0 Å². The quantitative estimate of drug-likeness (QED) is 0.631. The Kier molecular flexibility index (Phi) is 9.19. The van der Waals surface area contributed by atoms with Gasteiger partial charge in [0, 0.05) is 17.8 Å². The van der Waals surface area contributed by atoms with Gasteiger partial charge in [-0.1, -0.05) is 23.8 Å². The van der Waals surface area contributed by atoms with E-state index in [4.69, 9.17) is 4.79 Å². The summed E-state index contributed by atoms with van der Waals surface area (Å²) in [5, 5.41) is 0. The molecule has 0 saturated carbocycles. The van der Waals surface area contributed by atoms with E-state index in [0.29, 0.717) is 5.69 Å². The summed E-state index contributed by atoms with van der Waals surface area (Å²) < 4.78 is 25.8. The van der Waals surface area contributed by atoms with Crippen molar-refractivity contribution in [1.29, 1.82) is 0 Å². The minimum atomic E-state index is -0.649. The van der Waals surface area contributed by atoms with Crippen molar-refractivity contribution in [3.05, 3.63) is 54.2 Å². The Morgan fingerprint density at radius 3 is 2.44 bits per heavy atom. The molecule has 0 aliphatic rings. The van der Waals surface area contributed by atoms with Crippen LogP contribution in [0, 0.1) is 17.7 Å². The number of hydrogen-bond acceptors (Lipinski definition) is 2.